The average Bonchev–Trinajstić information content (AvgIpc) is 3.12. The summed E-state index contributed by atoms with van der Waals surface area (Å²) in [6.45, 7) is 0. The number of halogens is 3. The van der Waals surface area contributed by atoms with Crippen molar-refractivity contribution in [2.24, 2.45) is 0 Å². The Morgan fingerprint density at radius 1 is 0.929 bits per heavy atom. The number of para-hydroxylation sites is 1. The maximum atomic E-state index is 14.5. The van der Waals surface area contributed by atoms with E-state index in [0.717, 1.165) is 0 Å². The van der Waals surface area contributed by atoms with Crippen LogP contribution in [0.5, 0.6) is 0 Å². The number of pyridine rings is 1. The molecule has 28 heavy (non-hydrogen) atoms. The summed E-state index contributed by atoms with van der Waals surface area (Å²) in [4.78, 5) is 4.10. The molecule has 2 aromatic carbocycles. The lowest BCUT2D eigenvalue weighted by molar-refractivity contribution is 0.613. The van der Waals surface area contributed by atoms with Gasteiger partial charge in [0.05, 0.1) is 5.69 Å². The molecule has 0 aliphatic carbocycles. The molecule has 0 saturated carbocycles. The minimum atomic E-state index is -0.418. The van der Waals surface area contributed by atoms with Gasteiger partial charge in [-0.3, -0.25) is 9.55 Å². The molecular weight excluding hydrogens is 402 g/mol. The van der Waals surface area contributed by atoms with Crippen LogP contribution < -0.4 is 0 Å². The molecule has 0 aliphatic heterocycles. The Balaban J connectivity index is 1.78. The number of nitrogens with zero attached hydrogens (tertiary/aromatic N) is 4. The molecule has 0 radical (unpaired) electrons. The maximum absolute atomic E-state index is 14.5. The van der Waals surface area contributed by atoms with E-state index in [1.165, 1.54) is 23.9 Å². The van der Waals surface area contributed by atoms with Gasteiger partial charge in [0, 0.05) is 34.3 Å². The second-order valence-corrected chi connectivity index (χ2v) is 7.17. The van der Waals surface area contributed by atoms with Crippen molar-refractivity contribution in [3.8, 4) is 17.1 Å². The Morgan fingerprint density at radius 3 is 2.50 bits per heavy atom. The van der Waals surface area contributed by atoms with Gasteiger partial charge in [-0.1, -0.05) is 41.6 Å². The van der Waals surface area contributed by atoms with E-state index in [4.69, 9.17) is 11.6 Å². The number of thioether (sulfide) groups is 1. The van der Waals surface area contributed by atoms with Crippen LogP contribution >= 0.6 is 23.4 Å². The number of aromatic nitrogens is 4. The molecule has 8 heteroatoms. The third-order valence-electron chi connectivity index (χ3n) is 4.05. The number of benzene rings is 2. The zero-order valence-electron chi connectivity index (χ0n) is 14.4. The Labute approximate surface area is 169 Å². The molecule has 4 aromatic rings. The van der Waals surface area contributed by atoms with Crippen LogP contribution in [0.15, 0.2) is 72.1 Å². The van der Waals surface area contributed by atoms with Crippen LogP contribution in [0.1, 0.15) is 5.56 Å². The summed E-state index contributed by atoms with van der Waals surface area (Å²) < 4.78 is 30.2. The van der Waals surface area contributed by atoms with E-state index in [1.54, 1.807) is 53.4 Å². The Bertz CT molecular complexity index is 1100. The second-order valence-electron chi connectivity index (χ2n) is 5.82. The van der Waals surface area contributed by atoms with Gasteiger partial charge in [0.1, 0.15) is 11.6 Å². The average molecular weight is 415 g/mol. The maximum Gasteiger partial charge on any atom is 0.196 e. The van der Waals surface area contributed by atoms with Gasteiger partial charge in [-0.15, -0.1) is 10.2 Å². The molecule has 0 unspecified atom stereocenters. The number of hydrogen-bond donors (Lipinski definition) is 0. The lowest BCUT2D eigenvalue weighted by Crippen LogP contribution is -2.02. The summed E-state index contributed by atoms with van der Waals surface area (Å²) in [5.74, 6) is -0.145. The van der Waals surface area contributed by atoms with Crippen molar-refractivity contribution in [3.63, 3.8) is 0 Å². The van der Waals surface area contributed by atoms with Crippen molar-refractivity contribution in [2.75, 3.05) is 0 Å². The largest absolute Gasteiger partial charge is 0.267 e. The smallest absolute Gasteiger partial charge is 0.196 e. The highest BCUT2D eigenvalue weighted by atomic mass is 35.5. The summed E-state index contributed by atoms with van der Waals surface area (Å²) in [7, 11) is 0. The third kappa shape index (κ3) is 3.63. The van der Waals surface area contributed by atoms with Gasteiger partial charge in [-0.2, -0.15) is 0 Å². The Kier molecular flexibility index (Phi) is 5.36. The van der Waals surface area contributed by atoms with Gasteiger partial charge in [0.25, 0.3) is 0 Å². The van der Waals surface area contributed by atoms with Crippen LogP contribution in [0.4, 0.5) is 8.78 Å². The summed E-state index contributed by atoms with van der Waals surface area (Å²) >= 11 is 7.34. The predicted octanol–water partition coefficient (Wildman–Crippen LogP) is 5.55. The molecule has 0 amide bonds. The predicted molar refractivity (Wildman–Crippen MR) is 106 cm³/mol. The zero-order chi connectivity index (χ0) is 19.5. The van der Waals surface area contributed by atoms with Crippen molar-refractivity contribution in [1.29, 1.82) is 0 Å². The first-order chi connectivity index (χ1) is 13.6. The fraction of sp³-hybridized carbons (Fsp3) is 0.0500. The van der Waals surface area contributed by atoms with Crippen LogP contribution in [-0.2, 0) is 5.75 Å². The highest BCUT2D eigenvalue weighted by Crippen LogP contribution is 2.32. The molecule has 0 N–H and O–H groups in total. The topological polar surface area (TPSA) is 43.6 Å². The molecule has 0 fully saturated rings. The first-order valence-electron chi connectivity index (χ1n) is 8.31. The van der Waals surface area contributed by atoms with E-state index in [9.17, 15) is 8.78 Å². The van der Waals surface area contributed by atoms with Crippen LogP contribution in [0.3, 0.4) is 0 Å². The SMILES string of the molecule is Fc1ccccc1-n1c(SCc2c(F)cccc2Cl)nnc1-c1cccnc1. The minimum absolute atomic E-state index is 0.227. The van der Waals surface area contributed by atoms with Gasteiger partial charge in [-0.25, -0.2) is 8.78 Å². The van der Waals surface area contributed by atoms with E-state index >= 15 is 0 Å². The molecule has 0 saturated heterocycles. The normalized spacial score (nSPS) is 11.0. The van der Waals surface area contributed by atoms with Gasteiger partial charge in [0.2, 0.25) is 0 Å². The van der Waals surface area contributed by atoms with Crippen LogP contribution in [0, 0.1) is 11.6 Å². The Hall–Kier alpha value is -2.77. The lowest BCUT2D eigenvalue weighted by Gasteiger charge is -2.11. The second kappa shape index (κ2) is 8.08. The molecule has 0 atom stereocenters. The monoisotopic (exact) mass is 414 g/mol. The highest BCUT2D eigenvalue weighted by molar-refractivity contribution is 7.98. The zero-order valence-corrected chi connectivity index (χ0v) is 16.0. The van der Waals surface area contributed by atoms with E-state index in [0.29, 0.717) is 32.8 Å². The van der Waals surface area contributed by atoms with E-state index < -0.39 is 11.6 Å². The lowest BCUT2D eigenvalue weighted by atomic mass is 10.2. The van der Waals surface area contributed by atoms with Crippen molar-refractivity contribution in [2.45, 2.75) is 10.9 Å². The van der Waals surface area contributed by atoms with Crippen LogP contribution in [0.2, 0.25) is 5.02 Å². The van der Waals surface area contributed by atoms with Gasteiger partial charge in [-0.05, 0) is 36.4 Å². The molecule has 0 aliphatic rings. The first-order valence-corrected chi connectivity index (χ1v) is 9.68. The molecule has 4 nitrogen and oxygen atoms in total. The number of rotatable bonds is 5. The van der Waals surface area contributed by atoms with Crippen molar-refractivity contribution < 1.29 is 8.78 Å². The molecule has 0 spiro atoms. The minimum Gasteiger partial charge on any atom is -0.267 e. The summed E-state index contributed by atoms with van der Waals surface area (Å²) in [6, 6.07) is 14.5. The molecule has 2 heterocycles. The summed E-state index contributed by atoms with van der Waals surface area (Å²) in [6.07, 6.45) is 3.27. The molecule has 2 aromatic heterocycles. The van der Waals surface area contributed by atoms with Crippen LogP contribution in [0.25, 0.3) is 17.1 Å². The first kappa shape index (κ1) is 18.6. The van der Waals surface area contributed by atoms with E-state index in [1.807, 2.05) is 6.07 Å². The van der Waals surface area contributed by atoms with Gasteiger partial charge in [0.15, 0.2) is 11.0 Å². The fourth-order valence-corrected chi connectivity index (χ4v) is 3.99. The number of hydrogen-bond acceptors (Lipinski definition) is 4. The van der Waals surface area contributed by atoms with E-state index in [-0.39, 0.29) is 5.75 Å². The van der Waals surface area contributed by atoms with E-state index in [2.05, 4.69) is 15.2 Å². The quantitative estimate of drug-likeness (QED) is 0.401. The highest BCUT2D eigenvalue weighted by Gasteiger charge is 2.19. The molecular formula is C20H13ClF2N4S. The summed E-state index contributed by atoms with van der Waals surface area (Å²) in [5, 5.41) is 9.17. The molecule has 140 valence electrons. The fourth-order valence-electron chi connectivity index (χ4n) is 2.70. The van der Waals surface area contributed by atoms with Crippen LogP contribution in [-0.4, -0.2) is 19.7 Å². The standard InChI is InChI=1S/C20H13ClF2N4S/c21-15-6-3-8-16(22)14(15)12-28-20-26-25-19(13-5-4-10-24-11-13)27(20)18-9-2-1-7-17(18)23/h1-11H,12H2. The Morgan fingerprint density at radius 2 is 1.75 bits per heavy atom. The van der Waals surface area contributed by atoms with Gasteiger partial charge >= 0.3 is 0 Å². The van der Waals surface area contributed by atoms with Crippen molar-refractivity contribution >= 4 is 23.4 Å². The molecule has 4 rings (SSSR count). The van der Waals surface area contributed by atoms with Crippen molar-refractivity contribution in [1.82, 2.24) is 19.7 Å². The van der Waals surface area contributed by atoms with Crippen molar-refractivity contribution in [3.05, 3.63) is 89.2 Å². The molecule has 0 bridgehead atoms. The third-order valence-corrected chi connectivity index (χ3v) is 5.36. The van der Waals surface area contributed by atoms with Gasteiger partial charge < -0.3 is 0 Å². The summed E-state index contributed by atoms with van der Waals surface area (Å²) in [5.41, 5.74) is 1.35.